The molecule has 3 rings (SSSR count). The van der Waals surface area contributed by atoms with Crippen LogP contribution in [0.1, 0.15) is 37.7 Å². The molecule has 3 N–H and O–H groups in total. The molecule has 1 saturated carbocycles. The number of anilines is 1. The van der Waals surface area contributed by atoms with Gasteiger partial charge in [-0.25, -0.2) is 0 Å². The highest BCUT2D eigenvalue weighted by Gasteiger charge is 2.17. The molecule has 0 spiro atoms. The molecule has 1 fully saturated rings. The van der Waals surface area contributed by atoms with Gasteiger partial charge in [-0.3, -0.25) is 15.1 Å². The fraction of sp³-hybridized carbons (Fsp3) is 0.500. The summed E-state index contributed by atoms with van der Waals surface area (Å²) in [6, 6.07) is 8.05. The van der Waals surface area contributed by atoms with Crippen LogP contribution < -0.4 is 11.2 Å². The van der Waals surface area contributed by atoms with Crippen molar-refractivity contribution in [2.75, 3.05) is 5.48 Å². The van der Waals surface area contributed by atoms with Gasteiger partial charge in [0.2, 0.25) is 5.91 Å². The Bertz CT molecular complexity index is 378. The van der Waals surface area contributed by atoms with Crippen LogP contribution in [0.3, 0.4) is 0 Å². The van der Waals surface area contributed by atoms with E-state index in [1.165, 1.54) is 24.8 Å². The lowest BCUT2D eigenvalue weighted by Crippen LogP contribution is -2.24. The van der Waals surface area contributed by atoms with Crippen molar-refractivity contribution in [1.29, 1.82) is 0 Å². The van der Waals surface area contributed by atoms with E-state index in [1.807, 2.05) is 18.2 Å². The van der Waals surface area contributed by atoms with Crippen molar-refractivity contribution in [2.24, 2.45) is 11.7 Å². The number of amides is 1. The zero-order valence-corrected chi connectivity index (χ0v) is 10.5. The van der Waals surface area contributed by atoms with Gasteiger partial charge in [0.05, 0.1) is 5.69 Å². The van der Waals surface area contributed by atoms with Gasteiger partial charge in [0, 0.05) is 11.5 Å². The number of carbonyl (C=O) groups excluding carboxylic acids is 1. The van der Waals surface area contributed by atoms with E-state index in [0.29, 0.717) is 6.61 Å². The van der Waals surface area contributed by atoms with Gasteiger partial charge >= 0.3 is 0 Å². The van der Waals surface area contributed by atoms with Gasteiger partial charge in [0.1, 0.15) is 6.61 Å². The number of hydrogen-bond acceptors (Lipinski definition) is 3. The second-order valence-electron chi connectivity index (χ2n) is 4.79. The standard InChI is InChI=1S/C7H7NO.C7H13NO/c1-2-4-7-6(3-1)5-9-8-7;8-7(9)6-4-2-1-3-5-6/h1-4,8H,5H2;6H,1-5H2,(H2,8,9). The second kappa shape index (κ2) is 6.40. The average Bonchev–Trinajstić information content (AvgIpc) is 2.89. The summed E-state index contributed by atoms with van der Waals surface area (Å²) >= 11 is 0. The molecule has 1 aromatic carbocycles. The summed E-state index contributed by atoms with van der Waals surface area (Å²) in [5.74, 6) is 0.0912. The van der Waals surface area contributed by atoms with Crippen LogP contribution in [-0.2, 0) is 16.2 Å². The Hall–Kier alpha value is -1.55. The highest BCUT2D eigenvalue weighted by Crippen LogP contribution is 2.22. The Labute approximate surface area is 107 Å². The molecule has 98 valence electrons. The van der Waals surface area contributed by atoms with Crippen LogP contribution in [0.2, 0.25) is 0 Å². The summed E-state index contributed by atoms with van der Waals surface area (Å²) < 4.78 is 0. The molecule has 1 aliphatic heterocycles. The second-order valence-corrected chi connectivity index (χ2v) is 4.79. The van der Waals surface area contributed by atoms with E-state index in [2.05, 4.69) is 11.5 Å². The molecule has 4 nitrogen and oxygen atoms in total. The molecular formula is C14H20N2O2. The van der Waals surface area contributed by atoms with Gasteiger partial charge in [-0.05, 0) is 18.9 Å². The maximum absolute atomic E-state index is 10.6. The van der Waals surface area contributed by atoms with Crippen LogP contribution >= 0.6 is 0 Å². The Morgan fingerprint density at radius 2 is 1.94 bits per heavy atom. The first kappa shape index (κ1) is 12.9. The normalized spacial score (nSPS) is 18.2. The van der Waals surface area contributed by atoms with E-state index in [4.69, 9.17) is 10.6 Å². The third-order valence-electron chi connectivity index (χ3n) is 3.43. The Morgan fingerprint density at radius 3 is 2.56 bits per heavy atom. The van der Waals surface area contributed by atoms with Gasteiger partial charge in [0.15, 0.2) is 0 Å². The molecule has 1 heterocycles. The number of primary amides is 1. The quantitative estimate of drug-likeness (QED) is 0.803. The molecule has 0 atom stereocenters. The van der Waals surface area contributed by atoms with Crippen LogP contribution in [-0.4, -0.2) is 5.91 Å². The number of nitrogens with two attached hydrogens (primary N) is 1. The van der Waals surface area contributed by atoms with Crippen molar-refractivity contribution in [2.45, 2.75) is 38.7 Å². The van der Waals surface area contributed by atoms with Crippen LogP contribution in [0.15, 0.2) is 24.3 Å². The first-order valence-corrected chi connectivity index (χ1v) is 6.52. The summed E-state index contributed by atoms with van der Waals surface area (Å²) in [6.45, 7) is 0.691. The molecule has 0 radical (unpaired) electrons. The number of fused-ring (bicyclic) bond motifs is 1. The fourth-order valence-corrected chi connectivity index (χ4v) is 2.32. The van der Waals surface area contributed by atoms with Crippen molar-refractivity contribution in [3.8, 4) is 0 Å². The monoisotopic (exact) mass is 248 g/mol. The maximum atomic E-state index is 10.6. The Kier molecular flexibility index (Phi) is 4.59. The lowest BCUT2D eigenvalue weighted by atomic mass is 9.89. The van der Waals surface area contributed by atoms with Gasteiger partial charge in [-0.2, -0.15) is 0 Å². The zero-order valence-electron chi connectivity index (χ0n) is 10.5. The van der Waals surface area contributed by atoms with E-state index in [-0.39, 0.29) is 11.8 Å². The molecule has 2 aliphatic rings. The Balaban J connectivity index is 0.000000134. The lowest BCUT2D eigenvalue weighted by molar-refractivity contribution is -0.122. The molecule has 0 aromatic heterocycles. The molecule has 0 bridgehead atoms. The van der Waals surface area contributed by atoms with Crippen LogP contribution in [0.5, 0.6) is 0 Å². The Morgan fingerprint density at radius 1 is 1.22 bits per heavy atom. The van der Waals surface area contributed by atoms with E-state index < -0.39 is 0 Å². The topological polar surface area (TPSA) is 64.4 Å². The van der Waals surface area contributed by atoms with Gasteiger partial charge in [-0.15, -0.1) is 0 Å². The van der Waals surface area contributed by atoms with Gasteiger partial charge in [-0.1, -0.05) is 37.5 Å². The third kappa shape index (κ3) is 3.47. The van der Waals surface area contributed by atoms with Crippen molar-refractivity contribution < 1.29 is 9.63 Å². The smallest absolute Gasteiger partial charge is 0.220 e. The predicted molar refractivity (Wildman–Crippen MR) is 70.6 cm³/mol. The van der Waals surface area contributed by atoms with Crippen LogP contribution in [0.25, 0.3) is 0 Å². The zero-order chi connectivity index (χ0) is 12.8. The first-order valence-electron chi connectivity index (χ1n) is 6.52. The van der Waals surface area contributed by atoms with E-state index in [1.54, 1.807) is 0 Å². The van der Waals surface area contributed by atoms with E-state index >= 15 is 0 Å². The van der Waals surface area contributed by atoms with Gasteiger partial charge in [0.25, 0.3) is 0 Å². The average molecular weight is 248 g/mol. The number of benzene rings is 1. The molecule has 18 heavy (non-hydrogen) atoms. The lowest BCUT2D eigenvalue weighted by Gasteiger charge is -2.17. The van der Waals surface area contributed by atoms with E-state index in [0.717, 1.165) is 18.5 Å². The van der Waals surface area contributed by atoms with Gasteiger partial charge < -0.3 is 5.73 Å². The third-order valence-corrected chi connectivity index (χ3v) is 3.43. The number of para-hydroxylation sites is 1. The molecule has 0 unspecified atom stereocenters. The SMILES string of the molecule is NC(=O)C1CCCCC1.c1ccc2c(c1)CON2. The minimum Gasteiger partial charge on any atom is -0.369 e. The molecule has 1 aliphatic carbocycles. The number of hydrogen-bond donors (Lipinski definition) is 2. The summed E-state index contributed by atoms with van der Waals surface area (Å²) in [4.78, 5) is 15.5. The molecule has 1 amide bonds. The molecule has 1 aromatic rings. The summed E-state index contributed by atoms with van der Waals surface area (Å²) in [5, 5.41) is 0. The van der Waals surface area contributed by atoms with Crippen molar-refractivity contribution in [3.05, 3.63) is 29.8 Å². The van der Waals surface area contributed by atoms with Crippen molar-refractivity contribution in [3.63, 3.8) is 0 Å². The highest BCUT2D eigenvalue weighted by molar-refractivity contribution is 5.76. The van der Waals surface area contributed by atoms with Crippen LogP contribution in [0.4, 0.5) is 5.69 Å². The van der Waals surface area contributed by atoms with Crippen molar-refractivity contribution >= 4 is 11.6 Å². The molecule has 4 heteroatoms. The first-order chi connectivity index (χ1) is 8.77. The van der Waals surface area contributed by atoms with Crippen molar-refractivity contribution in [1.82, 2.24) is 0 Å². The van der Waals surface area contributed by atoms with Crippen LogP contribution in [0, 0.1) is 5.92 Å². The highest BCUT2D eigenvalue weighted by atomic mass is 16.6. The largest absolute Gasteiger partial charge is 0.369 e. The predicted octanol–water partition coefficient (Wildman–Crippen LogP) is 2.60. The summed E-state index contributed by atoms with van der Waals surface area (Å²) in [7, 11) is 0. The summed E-state index contributed by atoms with van der Waals surface area (Å²) in [5.41, 5.74) is 10.3. The number of carbonyl (C=O) groups is 1. The molecular weight excluding hydrogens is 228 g/mol. The maximum Gasteiger partial charge on any atom is 0.220 e. The minimum atomic E-state index is -0.102. The number of rotatable bonds is 1. The molecule has 0 saturated heterocycles. The fourth-order valence-electron chi connectivity index (χ4n) is 2.32. The summed E-state index contributed by atoms with van der Waals surface area (Å²) in [6.07, 6.45) is 5.70. The minimum absolute atomic E-state index is 0.102. The van der Waals surface area contributed by atoms with E-state index in [9.17, 15) is 4.79 Å². The number of nitrogens with one attached hydrogen (secondary N) is 1.